The predicted octanol–water partition coefficient (Wildman–Crippen LogP) is 4.01. The van der Waals surface area contributed by atoms with Crippen LogP contribution in [-0.4, -0.2) is 34.2 Å². The molecule has 0 radical (unpaired) electrons. The summed E-state index contributed by atoms with van der Waals surface area (Å²) in [5.41, 5.74) is 0.770. The van der Waals surface area contributed by atoms with E-state index in [1.54, 1.807) is 6.07 Å². The molecule has 0 spiro atoms. The third-order valence-corrected chi connectivity index (χ3v) is 4.11. The first kappa shape index (κ1) is 16.2. The molecule has 1 aromatic carbocycles. The van der Waals surface area contributed by atoms with E-state index in [1.807, 2.05) is 6.07 Å². The summed E-state index contributed by atoms with van der Waals surface area (Å²) in [4.78, 5) is 16.5. The highest BCUT2D eigenvalue weighted by atomic mass is 19.1. The number of amides is 1. The lowest BCUT2D eigenvalue weighted by molar-refractivity contribution is 0.132. The first-order chi connectivity index (χ1) is 11.5. The Balaban J connectivity index is 1.81. The Morgan fingerprint density at radius 2 is 2.00 bits per heavy atom. The second-order valence-corrected chi connectivity index (χ2v) is 5.62. The van der Waals surface area contributed by atoms with Crippen LogP contribution in [0.4, 0.5) is 13.6 Å². The van der Waals surface area contributed by atoms with Crippen LogP contribution in [-0.2, 0) is 0 Å². The van der Waals surface area contributed by atoms with Gasteiger partial charge >= 0.3 is 6.09 Å². The largest absolute Gasteiger partial charge is 0.465 e. The number of carbonyl (C=O) groups is 1. The number of ether oxygens (including phenoxy) is 1. The lowest BCUT2D eigenvalue weighted by Crippen LogP contribution is -2.36. The number of likely N-dealkylation sites (tertiary alicyclic amines) is 1. The molecule has 3 rings (SSSR count). The van der Waals surface area contributed by atoms with Crippen molar-refractivity contribution in [2.45, 2.75) is 18.8 Å². The van der Waals surface area contributed by atoms with Gasteiger partial charge in [-0.3, -0.25) is 0 Å². The summed E-state index contributed by atoms with van der Waals surface area (Å²) in [6, 6.07) is 6.55. The van der Waals surface area contributed by atoms with Crippen LogP contribution in [0.2, 0.25) is 0 Å². The number of nitrogens with zero attached hydrogens (tertiary/aromatic N) is 2. The zero-order chi connectivity index (χ0) is 17.1. The number of aromatic nitrogens is 1. The Morgan fingerprint density at radius 1 is 1.25 bits per heavy atom. The number of halogens is 2. The third kappa shape index (κ3) is 3.45. The van der Waals surface area contributed by atoms with Gasteiger partial charge in [-0.1, -0.05) is 6.07 Å². The van der Waals surface area contributed by atoms with Crippen molar-refractivity contribution in [3.63, 3.8) is 0 Å². The molecule has 1 aliphatic rings. The predicted molar refractivity (Wildman–Crippen MR) is 82.2 cm³/mol. The van der Waals surface area contributed by atoms with E-state index in [0.29, 0.717) is 25.9 Å². The minimum Gasteiger partial charge on any atom is -0.465 e. The summed E-state index contributed by atoms with van der Waals surface area (Å²) >= 11 is 0. The lowest BCUT2D eigenvalue weighted by atomic mass is 9.90. The molecular weight excluding hydrogens is 318 g/mol. The topological polar surface area (TPSA) is 62.7 Å². The smallest absolute Gasteiger partial charge is 0.407 e. The van der Waals surface area contributed by atoms with Crippen LogP contribution in [0.5, 0.6) is 11.6 Å². The van der Waals surface area contributed by atoms with E-state index in [4.69, 9.17) is 9.84 Å². The van der Waals surface area contributed by atoms with Crippen LogP contribution in [0.25, 0.3) is 0 Å². The summed E-state index contributed by atoms with van der Waals surface area (Å²) in [6.45, 7) is 0.839. The van der Waals surface area contributed by atoms with Crippen LogP contribution in [0, 0.1) is 11.6 Å². The maximum absolute atomic E-state index is 13.8. The van der Waals surface area contributed by atoms with Gasteiger partial charge in [0.2, 0.25) is 5.88 Å². The van der Waals surface area contributed by atoms with Crippen molar-refractivity contribution in [3.05, 3.63) is 53.7 Å². The molecule has 1 saturated heterocycles. The van der Waals surface area contributed by atoms with Crippen LogP contribution >= 0.6 is 0 Å². The summed E-state index contributed by atoms with van der Waals surface area (Å²) in [6.07, 6.45) is 1.83. The van der Waals surface area contributed by atoms with Gasteiger partial charge in [0.05, 0.1) is 0 Å². The van der Waals surface area contributed by atoms with Gasteiger partial charge in [-0.15, -0.1) is 0 Å². The quantitative estimate of drug-likeness (QED) is 0.921. The zero-order valence-electron chi connectivity index (χ0n) is 12.8. The van der Waals surface area contributed by atoms with Crippen LogP contribution < -0.4 is 4.74 Å². The van der Waals surface area contributed by atoms with Gasteiger partial charge in [0.1, 0.15) is 5.82 Å². The van der Waals surface area contributed by atoms with Crippen molar-refractivity contribution in [2.75, 3.05) is 13.1 Å². The Morgan fingerprint density at radius 3 is 2.71 bits per heavy atom. The average Bonchev–Trinajstić information content (AvgIpc) is 2.59. The molecule has 1 amide bonds. The molecule has 1 fully saturated rings. The Bertz CT molecular complexity index is 746. The van der Waals surface area contributed by atoms with Gasteiger partial charge in [-0.05, 0) is 37.0 Å². The molecule has 1 N–H and O–H groups in total. The van der Waals surface area contributed by atoms with Gasteiger partial charge in [-0.25, -0.2) is 18.6 Å². The van der Waals surface area contributed by atoms with Crippen molar-refractivity contribution in [1.82, 2.24) is 9.88 Å². The zero-order valence-corrected chi connectivity index (χ0v) is 12.8. The second kappa shape index (κ2) is 6.82. The van der Waals surface area contributed by atoms with Gasteiger partial charge in [-0.2, -0.15) is 0 Å². The standard InChI is InChI=1S/C17H16F2N2O3/c18-12-3-4-14(19)15(10-12)24-16-13(2-1-7-20-16)11-5-8-21(9-6-11)17(22)23/h1-4,7,10-11H,5-6,8-9H2,(H,22,23). The molecule has 5 nitrogen and oxygen atoms in total. The molecule has 2 heterocycles. The third-order valence-electron chi connectivity index (χ3n) is 4.11. The highest BCUT2D eigenvalue weighted by molar-refractivity contribution is 5.65. The summed E-state index contributed by atoms with van der Waals surface area (Å²) in [5, 5.41) is 9.01. The first-order valence-electron chi connectivity index (χ1n) is 7.60. The SMILES string of the molecule is O=C(O)N1CCC(c2cccnc2Oc2cc(F)ccc2F)CC1. The van der Waals surface area contributed by atoms with E-state index in [9.17, 15) is 13.6 Å². The van der Waals surface area contributed by atoms with Crippen LogP contribution in [0.15, 0.2) is 36.5 Å². The Labute approximate surface area is 137 Å². The summed E-state index contributed by atoms with van der Waals surface area (Å²) in [7, 11) is 0. The molecule has 2 aromatic rings. The van der Waals surface area contributed by atoms with E-state index >= 15 is 0 Å². The molecule has 0 aliphatic carbocycles. The van der Waals surface area contributed by atoms with E-state index in [2.05, 4.69) is 4.98 Å². The van der Waals surface area contributed by atoms with Gasteiger partial charge in [0, 0.05) is 30.9 Å². The van der Waals surface area contributed by atoms with Crippen molar-refractivity contribution in [2.24, 2.45) is 0 Å². The average molecular weight is 334 g/mol. The normalized spacial score (nSPS) is 15.3. The number of hydrogen-bond donors (Lipinski definition) is 1. The fourth-order valence-corrected chi connectivity index (χ4v) is 2.84. The Kier molecular flexibility index (Phi) is 4.59. The van der Waals surface area contributed by atoms with E-state index < -0.39 is 17.7 Å². The molecule has 1 aromatic heterocycles. The fraction of sp³-hybridized carbons (Fsp3) is 0.294. The maximum atomic E-state index is 13.8. The molecule has 24 heavy (non-hydrogen) atoms. The van der Waals surface area contributed by atoms with Crippen molar-refractivity contribution >= 4 is 6.09 Å². The van der Waals surface area contributed by atoms with Crippen molar-refractivity contribution in [3.8, 4) is 11.6 Å². The van der Waals surface area contributed by atoms with E-state index in [0.717, 1.165) is 23.8 Å². The van der Waals surface area contributed by atoms with E-state index in [-0.39, 0.29) is 17.5 Å². The molecule has 0 saturated carbocycles. The highest BCUT2D eigenvalue weighted by Gasteiger charge is 2.26. The summed E-state index contributed by atoms with van der Waals surface area (Å²) in [5.74, 6) is -1.22. The van der Waals surface area contributed by atoms with Crippen molar-refractivity contribution < 1.29 is 23.4 Å². The van der Waals surface area contributed by atoms with E-state index in [1.165, 1.54) is 11.1 Å². The minimum absolute atomic E-state index is 0.0564. The number of hydrogen-bond acceptors (Lipinski definition) is 3. The molecule has 0 unspecified atom stereocenters. The molecule has 126 valence electrons. The lowest BCUT2D eigenvalue weighted by Gasteiger charge is -2.30. The number of carboxylic acid groups (broad SMARTS) is 1. The summed E-state index contributed by atoms with van der Waals surface area (Å²) < 4.78 is 32.6. The molecule has 7 heteroatoms. The molecule has 1 aliphatic heterocycles. The molecule has 0 bridgehead atoms. The molecule has 0 atom stereocenters. The first-order valence-corrected chi connectivity index (χ1v) is 7.60. The second-order valence-electron chi connectivity index (χ2n) is 5.62. The Hall–Kier alpha value is -2.70. The minimum atomic E-state index is -0.932. The van der Waals surface area contributed by atoms with Crippen LogP contribution in [0.1, 0.15) is 24.3 Å². The number of benzene rings is 1. The maximum Gasteiger partial charge on any atom is 0.407 e. The number of pyridine rings is 1. The molecular formula is C17H16F2N2O3. The van der Waals surface area contributed by atoms with Crippen LogP contribution in [0.3, 0.4) is 0 Å². The number of rotatable bonds is 3. The highest BCUT2D eigenvalue weighted by Crippen LogP contribution is 2.35. The monoisotopic (exact) mass is 334 g/mol. The fourth-order valence-electron chi connectivity index (χ4n) is 2.84. The van der Waals surface area contributed by atoms with Gasteiger partial charge in [0.15, 0.2) is 11.6 Å². The number of piperidine rings is 1. The van der Waals surface area contributed by atoms with Crippen molar-refractivity contribution in [1.29, 1.82) is 0 Å². The van der Waals surface area contributed by atoms with Gasteiger partial charge < -0.3 is 14.7 Å². The van der Waals surface area contributed by atoms with Gasteiger partial charge in [0.25, 0.3) is 0 Å².